The number of hydrogen-bond acceptors (Lipinski definition) is 2. The van der Waals surface area contributed by atoms with Gasteiger partial charge in [-0.2, -0.15) is 0 Å². The van der Waals surface area contributed by atoms with E-state index in [1.807, 2.05) is 13.0 Å². The number of rotatable bonds is 2. The van der Waals surface area contributed by atoms with Crippen molar-refractivity contribution in [2.75, 3.05) is 0 Å². The maximum atomic E-state index is 3.75. The summed E-state index contributed by atoms with van der Waals surface area (Å²) in [5.41, 5.74) is 1.78. The summed E-state index contributed by atoms with van der Waals surface area (Å²) < 4.78 is 0. The standard InChI is InChI=1S/C7H9N3/c1-5-4-6(8-2)7(9-3)10-5/h4,10H,2-3H2,1H3. The predicted octanol–water partition coefficient (Wildman–Crippen LogP) is 1.99. The minimum absolute atomic E-state index is 0.688. The molecule has 10 heavy (non-hydrogen) atoms. The molecule has 0 radical (unpaired) electrons. The lowest BCUT2D eigenvalue weighted by Crippen LogP contribution is -1.64. The highest BCUT2D eigenvalue weighted by Crippen LogP contribution is 2.26. The van der Waals surface area contributed by atoms with Gasteiger partial charge in [0.25, 0.3) is 0 Å². The Morgan fingerprint density at radius 2 is 2.10 bits per heavy atom. The minimum Gasteiger partial charge on any atom is -0.342 e. The average molecular weight is 135 g/mol. The first-order chi connectivity index (χ1) is 4.77. The Hall–Kier alpha value is -1.38. The number of aromatic amines is 1. The van der Waals surface area contributed by atoms with Gasteiger partial charge >= 0.3 is 0 Å². The summed E-state index contributed by atoms with van der Waals surface area (Å²) >= 11 is 0. The molecule has 1 aromatic heterocycles. The van der Waals surface area contributed by atoms with E-state index in [0.717, 1.165) is 11.4 Å². The van der Waals surface area contributed by atoms with Gasteiger partial charge in [0.05, 0.1) is 0 Å². The van der Waals surface area contributed by atoms with E-state index in [1.165, 1.54) is 0 Å². The zero-order chi connectivity index (χ0) is 7.56. The Balaban J connectivity index is 3.20. The normalized spacial score (nSPS) is 9.30. The lowest BCUT2D eigenvalue weighted by Gasteiger charge is -1.85. The molecule has 52 valence electrons. The highest BCUT2D eigenvalue weighted by molar-refractivity contribution is 5.64. The smallest absolute Gasteiger partial charge is 0.155 e. The molecular weight excluding hydrogens is 126 g/mol. The summed E-state index contributed by atoms with van der Waals surface area (Å²) in [5.74, 6) is 0.688. The second kappa shape index (κ2) is 2.47. The fourth-order valence-corrected chi connectivity index (χ4v) is 0.801. The fraction of sp³-hybridized carbons (Fsp3) is 0.143. The summed E-state index contributed by atoms with van der Waals surface area (Å²) in [4.78, 5) is 10.5. The van der Waals surface area contributed by atoms with Crippen LogP contribution >= 0.6 is 0 Å². The van der Waals surface area contributed by atoms with Crippen LogP contribution in [0.3, 0.4) is 0 Å². The molecule has 0 aliphatic carbocycles. The quantitative estimate of drug-likeness (QED) is 0.602. The summed E-state index contributed by atoms with van der Waals surface area (Å²) in [6.45, 7) is 8.71. The molecule has 0 unspecified atom stereocenters. The summed E-state index contributed by atoms with van der Waals surface area (Å²) in [6, 6.07) is 1.87. The van der Waals surface area contributed by atoms with Gasteiger partial charge in [-0.3, -0.25) is 4.99 Å². The van der Waals surface area contributed by atoms with Crippen LogP contribution in [0.5, 0.6) is 0 Å². The predicted molar refractivity (Wildman–Crippen MR) is 43.9 cm³/mol. The fourth-order valence-electron chi connectivity index (χ4n) is 0.801. The zero-order valence-corrected chi connectivity index (χ0v) is 5.89. The van der Waals surface area contributed by atoms with Gasteiger partial charge in [0.2, 0.25) is 0 Å². The van der Waals surface area contributed by atoms with Crippen LogP contribution in [0.1, 0.15) is 5.69 Å². The maximum absolute atomic E-state index is 3.75. The van der Waals surface area contributed by atoms with Crippen molar-refractivity contribution in [3.63, 3.8) is 0 Å². The molecule has 3 heteroatoms. The van der Waals surface area contributed by atoms with Gasteiger partial charge in [-0.25, -0.2) is 4.99 Å². The highest BCUT2D eigenvalue weighted by atomic mass is 14.9. The molecule has 1 heterocycles. The van der Waals surface area contributed by atoms with Gasteiger partial charge in [0.1, 0.15) is 5.69 Å². The van der Waals surface area contributed by atoms with Gasteiger partial charge in [0.15, 0.2) is 5.82 Å². The molecule has 0 aromatic carbocycles. The molecule has 0 aliphatic heterocycles. The van der Waals surface area contributed by atoms with Gasteiger partial charge in [-0.05, 0) is 26.4 Å². The first kappa shape index (κ1) is 6.74. The molecule has 1 aromatic rings. The van der Waals surface area contributed by atoms with Crippen molar-refractivity contribution in [1.82, 2.24) is 4.98 Å². The minimum atomic E-state index is 0.688. The van der Waals surface area contributed by atoms with Crippen LogP contribution in [-0.4, -0.2) is 18.4 Å². The number of nitrogens with one attached hydrogen (secondary N) is 1. The van der Waals surface area contributed by atoms with Crippen molar-refractivity contribution in [2.24, 2.45) is 9.98 Å². The SMILES string of the molecule is C=Nc1cc(C)[nH]c1N=C. The van der Waals surface area contributed by atoms with Gasteiger partial charge in [0, 0.05) is 5.69 Å². The third-order valence-electron chi connectivity index (χ3n) is 1.24. The first-order valence-electron chi connectivity index (χ1n) is 2.91. The molecule has 0 saturated carbocycles. The van der Waals surface area contributed by atoms with Gasteiger partial charge in [-0.1, -0.05) is 0 Å². The number of H-pyrrole nitrogens is 1. The van der Waals surface area contributed by atoms with Crippen molar-refractivity contribution in [3.8, 4) is 0 Å². The highest BCUT2D eigenvalue weighted by Gasteiger charge is 1.99. The van der Waals surface area contributed by atoms with Crippen LogP contribution in [0.25, 0.3) is 0 Å². The Morgan fingerprint density at radius 1 is 1.40 bits per heavy atom. The van der Waals surface area contributed by atoms with E-state index in [1.54, 1.807) is 0 Å². The topological polar surface area (TPSA) is 40.5 Å². The van der Waals surface area contributed by atoms with Crippen LogP contribution in [-0.2, 0) is 0 Å². The van der Waals surface area contributed by atoms with Crippen molar-refractivity contribution in [3.05, 3.63) is 11.8 Å². The van der Waals surface area contributed by atoms with E-state index in [-0.39, 0.29) is 0 Å². The third kappa shape index (κ3) is 0.978. The van der Waals surface area contributed by atoms with Crippen molar-refractivity contribution < 1.29 is 0 Å². The maximum Gasteiger partial charge on any atom is 0.155 e. The second-order valence-electron chi connectivity index (χ2n) is 2.00. The molecule has 0 bridgehead atoms. The first-order valence-corrected chi connectivity index (χ1v) is 2.91. The molecule has 0 saturated heterocycles. The van der Waals surface area contributed by atoms with Crippen LogP contribution in [0.2, 0.25) is 0 Å². The van der Waals surface area contributed by atoms with Crippen LogP contribution in [0, 0.1) is 6.92 Å². The molecule has 0 atom stereocenters. The number of aliphatic imine (C=N–C) groups is 2. The Morgan fingerprint density at radius 3 is 2.50 bits per heavy atom. The number of aryl methyl sites for hydroxylation is 1. The van der Waals surface area contributed by atoms with Crippen LogP contribution in [0.15, 0.2) is 16.1 Å². The molecule has 1 N–H and O–H groups in total. The summed E-state index contributed by atoms with van der Waals surface area (Å²) in [7, 11) is 0. The van der Waals surface area contributed by atoms with Crippen molar-refractivity contribution in [2.45, 2.75) is 6.92 Å². The summed E-state index contributed by atoms with van der Waals surface area (Å²) in [6.07, 6.45) is 0. The monoisotopic (exact) mass is 135 g/mol. The second-order valence-corrected chi connectivity index (χ2v) is 2.00. The summed E-state index contributed by atoms with van der Waals surface area (Å²) in [5, 5.41) is 0. The van der Waals surface area contributed by atoms with E-state index in [0.29, 0.717) is 5.82 Å². The van der Waals surface area contributed by atoms with E-state index in [4.69, 9.17) is 0 Å². The number of hydrogen-bond donors (Lipinski definition) is 1. The Kier molecular flexibility index (Phi) is 1.67. The lowest BCUT2D eigenvalue weighted by molar-refractivity contribution is 1.24. The van der Waals surface area contributed by atoms with E-state index in [9.17, 15) is 0 Å². The molecule has 3 nitrogen and oxygen atoms in total. The van der Waals surface area contributed by atoms with Gasteiger partial charge in [-0.15, -0.1) is 0 Å². The molecule has 0 spiro atoms. The van der Waals surface area contributed by atoms with Gasteiger partial charge < -0.3 is 4.98 Å². The van der Waals surface area contributed by atoms with Crippen molar-refractivity contribution in [1.29, 1.82) is 0 Å². The largest absolute Gasteiger partial charge is 0.342 e. The molecule has 0 aliphatic rings. The van der Waals surface area contributed by atoms with E-state index >= 15 is 0 Å². The third-order valence-corrected chi connectivity index (χ3v) is 1.24. The van der Waals surface area contributed by atoms with Crippen molar-refractivity contribution >= 4 is 24.9 Å². The molecular formula is C7H9N3. The molecule has 0 fully saturated rings. The van der Waals surface area contributed by atoms with Crippen LogP contribution in [0.4, 0.5) is 11.5 Å². The molecule has 0 amide bonds. The number of nitrogens with zero attached hydrogens (tertiary/aromatic N) is 2. The van der Waals surface area contributed by atoms with E-state index in [2.05, 4.69) is 28.4 Å². The zero-order valence-electron chi connectivity index (χ0n) is 5.89. The average Bonchev–Trinajstić information content (AvgIpc) is 2.30. The Bertz CT molecular complexity index is 234. The Labute approximate surface area is 59.5 Å². The molecule has 1 rings (SSSR count). The van der Waals surface area contributed by atoms with Crippen LogP contribution < -0.4 is 0 Å². The van der Waals surface area contributed by atoms with E-state index < -0.39 is 0 Å². The lowest BCUT2D eigenvalue weighted by atomic mass is 10.4. The number of aromatic nitrogens is 1.